The standard InChI is InChI=1S/C29H32FN3O2/c1-19-14-15-33-24(16-19)31-25(26(33)32-29(5,6)18-28(2,3)4)21-8-7-9-23(17-21)35-27(34)20-10-12-22(30)13-11-20/h7-17,32H,18H2,1-6H3. The lowest BCUT2D eigenvalue weighted by atomic mass is 9.82. The fourth-order valence-corrected chi connectivity index (χ4v) is 4.62. The van der Waals surface area contributed by atoms with Gasteiger partial charge in [-0.15, -0.1) is 0 Å². The lowest BCUT2D eigenvalue weighted by Crippen LogP contribution is -2.36. The molecule has 0 aliphatic carbocycles. The first-order valence-corrected chi connectivity index (χ1v) is 11.8. The Labute approximate surface area is 206 Å². The summed E-state index contributed by atoms with van der Waals surface area (Å²) in [5.74, 6) is 0.332. The fourth-order valence-electron chi connectivity index (χ4n) is 4.62. The Morgan fingerprint density at radius 1 is 1.03 bits per heavy atom. The van der Waals surface area contributed by atoms with Crippen molar-refractivity contribution in [2.75, 3.05) is 5.32 Å². The van der Waals surface area contributed by atoms with Crippen molar-refractivity contribution in [1.82, 2.24) is 9.38 Å². The van der Waals surface area contributed by atoms with E-state index < -0.39 is 11.8 Å². The summed E-state index contributed by atoms with van der Waals surface area (Å²) in [5.41, 5.74) is 3.79. The van der Waals surface area contributed by atoms with Crippen molar-refractivity contribution in [2.45, 2.75) is 53.5 Å². The van der Waals surface area contributed by atoms with Crippen LogP contribution in [-0.2, 0) is 0 Å². The van der Waals surface area contributed by atoms with Gasteiger partial charge in [-0.1, -0.05) is 32.9 Å². The van der Waals surface area contributed by atoms with E-state index in [0.29, 0.717) is 5.75 Å². The number of imidazole rings is 1. The van der Waals surface area contributed by atoms with Crippen molar-refractivity contribution in [3.05, 3.63) is 83.8 Å². The highest BCUT2D eigenvalue weighted by Gasteiger charge is 2.28. The minimum absolute atomic E-state index is 0.141. The van der Waals surface area contributed by atoms with Crippen molar-refractivity contribution in [3.63, 3.8) is 0 Å². The molecule has 4 rings (SSSR count). The fraction of sp³-hybridized carbons (Fsp3) is 0.310. The highest BCUT2D eigenvalue weighted by molar-refractivity contribution is 5.91. The monoisotopic (exact) mass is 473 g/mol. The zero-order valence-corrected chi connectivity index (χ0v) is 21.1. The van der Waals surface area contributed by atoms with Crippen LogP contribution in [0.5, 0.6) is 5.75 Å². The largest absolute Gasteiger partial charge is 0.423 e. The summed E-state index contributed by atoms with van der Waals surface area (Å²) in [6, 6.07) is 16.7. The van der Waals surface area contributed by atoms with Gasteiger partial charge in [0.2, 0.25) is 0 Å². The number of anilines is 1. The molecule has 0 aliphatic heterocycles. The van der Waals surface area contributed by atoms with Gasteiger partial charge in [0.05, 0.1) is 5.56 Å². The second kappa shape index (κ2) is 9.17. The Hall–Kier alpha value is -3.67. The Bertz CT molecular complexity index is 1370. The molecular formula is C29H32FN3O2. The lowest BCUT2D eigenvalue weighted by Gasteiger charge is -2.34. The predicted molar refractivity (Wildman–Crippen MR) is 138 cm³/mol. The summed E-state index contributed by atoms with van der Waals surface area (Å²) in [4.78, 5) is 17.5. The molecule has 2 heterocycles. The molecule has 0 saturated heterocycles. The van der Waals surface area contributed by atoms with Gasteiger partial charge >= 0.3 is 5.97 Å². The number of carbonyl (C=O) groups is 1. The first-order valence-electron chi connectivity index (χ1n) is 11.8. The number of aryl methyl sites for hydroxylation is 1. The SMILES string of the molecule is Cc1ccn2c(NC(C)(C)CC(C)(C)C)c(-c3cccc(OC(=O)c4ccc(F)cc4)c3)nc2c1. The van der Waals surface area contributed by atoms with Gasteiger partial charge in [-0.05, 0) is 86.7 Å². The number of aromatic nitrogens is 2. The van der Waals surface area contributed by atoms with E-state index >= 15 is 0 Å². The third kappa shape index (κ3) is 5.88. The van der Waals surface area contributed by atoms with Gasteiger partial charge in [-0.25, -0.2) is 14.2 Å². The number of fused-ring (bicyclic) bond motifs is 1. The number of esters is 1. The third-order valence-electron chi connectivity index (χ3n) is 5.61. The van der Waals surface area contributed by atoms with Crippen LogP contribution in [0, 0.1) is 18.2 Å². The number of carbonyl (C=O) groups excluding carboxylic acids is 1. The summed E-state index contributed by atoms with van der Waals surface area (Å²) in [7, 11) is 0. The normalized spacial score (nSPS) is 12.1. The molecule has 0 aliphatic rings. The van der Waals surface area contributed by atoms with E-state index in [9.17, 15) is 9.18 Å². The quantitative estimate of drug-likeness (QED) is 0.236. The van der Waals surface area contributed by atoms with Gasteiger partial charge in [0.25, 0.3) is 0 Å². The minimum atomic E-state index is -0.544. The molecule has 0 spiro atoms. The zero-order valence-electron chi connectivity index (χ0n) is 21.1. The number of hydrogen-bond acceptors (Lipinski definition) is 4. The van der Waals surface area contributed by atoms with Gasteiger partial charge in [0.15, 0.2) is 0 Å². The maximum atomic E-state index is 13.2. The van der Waals surface area contributed by atoms with Crippen molar-refractivity contribution in [1.29, 1.82) is 0 Å². The van der Waals surface area contributed by atoms with Crippen LogP contribution in [0.15, 0.2) is 66.9 Å². The smallest absolute Gasteiger partial charge is 0.343 e. The maximum Gasteiger partial charge on any atom is 0.343 e. The van der Waals surface area contributed by atoms with E-state index in [2.05, 4.69) is 50.4 Å². The second-order valence-corrected chi connectivity index (χ2v) is 10.9. The first-order chi connectivity index (χ1) is 16.4. The number of ether oxygens (including phenoxy) is 1. The Morgan fingerprint density at radius 3 is 2.43 bits per heavy atom. The summed E-state index contributed by atoms with van der Waals surface area (Å²) in [6.07, 6.45) is 2.98. The van der Waals surface area contributed by atoms with Gasteiger partial charge in [-0.3, -0.25) is 4.40 Å². The molecule has 0 saturated carbocycles. The Kier molecular flexibility index (Phi) is 6.41. The molecule has 2 aromatic carbocycles. The van der Waals surface area contributed by atoms with E-state index in [1.54, 1.807) is 12.1 Å². The van der Waals surface area contributed by atoms with Crippen molar-refractivity contribution < 1.29 is 13.9 Å². The molecule has 0 unspecified atom stereocenters. The summed E-state index contributed by atoms with van der Waals surface area (Å²) < 4.78 is 20.9. The van der Waals surface area contributed by atoms with E-state index in [1.807, 2.05) is 31.3 Å². The molecule has 0 radical (unpaired) electrons. The number of nitrogens with one attached hydrogen (secondary N) is 1. The van der Waals surface area contributed by atoms with E-state index in [-0.39, 0.29) is 16.5 Å². The summed E-state index contributed by atoms with van der Waals surface area (Å²) in [5, 5.41) is 3.73. The molecule has 0 atom stereocenters. The number of pyridine rings is 1. The highest BCUT2D eigenvalue weighted by Crippen LogP contribution is 2.36. The molecule has 35 heavy (non-hydrogen) atoms. The molecule has 0 fully saturated rings. The number of benzene rings is 2. The first kappa shape index (κ1) is 24.5. The maximum absolute atomic E-state index is 13.2. The van der Waals surface area contributed by atoms with E-state index in [1.165, 1.54) is 24.3 Å². The topological polar surface area (TPSA) is 55.6 Å². The second-order valence-electron chi connectivity index (χ2n) is 10.9. The van der Waals surface area contributed by atoms with Crippen molar-refractivity contribution in [2.24, 2.45) is 5.41 Å². The molecule has 182 valence electrons. The van der Waals surface area contributed by atoms with Crippen LogP contribution >= 0.6 is 0 Å². The number of halogens is 1. The highest BCUT2D eigenvalue weighted by atomic mass is 19.1. The van der Waals surface area contributed by atoms with Crippen LogP contribution < -0.4 is 10.1 Å². The van der Waals surface area contributed by atoms with E-state index in [0.717, 1.165) is 34.7 Å². The van der Waals surface area contributed by atoms with Crippen LogP contribution in [0.4, 0.5) is 10.2 Å². The van der Waals surface area contributed by atoms with Gasteiger partial charge in [0.1, 0.15) is 28.7 Å². The van der Waals surface area contributed by atoms with Crippen LogP contribution in [0.2, 0.25) is 0 Å². The van der Waals surface area contributed by atoms with Gasteiger partial charge in [0, 0.05) is 17.3 Å². The van der Waals surface area contributed by atoms with E-state index in [4.69, 9.17) is 9.72 Å². The van der Waals surface area contributed by atoms with Gasteiger partial charge < -0.3 is 10.1 Å². The van der Waals surface area contributed by atoms with Crippen LogP contribution in [0.3, 0.4) is 0 Å². The molecule has 5 nitrogen and oxygen atoms in total. The molecule has 0 bridgehead atoms. The molecule has 2 aromatic heterocycles. The Morgan fingerprint density at radius 2 is 1.74 bits per heavy atom. The predicted octanol–water partition coefficient (Wildman–Crippen LogP) is 7.29. The lowest BCUT2D eigenvalue weighted by molar-refractivity contribution is 0.0735. The molecule has 1 N–H and O–H groups in total. The molecule has 6 heteroatoms. The number of hydrogen-bond donors (Lipinski definition) is 1. The Balaban J connectivity index is 1.72. The number of rotatable bonds is 6. The van der Waals surface area contributed by atoms with Crippen molar-refractivity contribution >= 4 is 17.4 Å². The number of nitrogens with zero attached hydrogens (tertiary/aromatic N) is 2. The van der Waals surface area contributed by atoms with Crippen LogP contribution in [-0.4, -0.2) is 20.9 Å². The van der Waals surface area contributed by atoms with Crippen LogP contribution in [0.1, 0.15) is 57.0 Å². The molecule has 0 amide bonds. The zero-order chi connectivity index (χ0) is 25.4. The van der Waals surface area contributed by atoms with Gasteiger partial charge in [-0.2, -0.15) is 0 Å². The van der Waals surface area contributed by atoms with Crippen LogP contribution in [0.25, 0.3) is 16.9 Å². The molecule has 4 aromatic rings. The average Bonchev–Trinajstić information content (AvgIpc) is 3.09. The minimum Gasteiger partial charge on any atom is -0.423 e. The van der Waals surface area contributed by atoms with Crippen molar-refractivity contribution in [3.8, 4) is 17.0 Å². The molecular weight excluding hydrogens is 441 g/mol. The summed E-state index contributed by atoms with van der Waals surface area (Å²) >= 11 is 0. The average molecular weight is 474 g/mol. The third-order valence-corrected chi connectivity index (χ3v) is 5.61. The summed E-state index contributed by atoms with van der Waals surface area (Å²) in [6.45, 7) is 13.1.